The molecule has 0 bridgehead atoms. The highest BCUT2D eigenvalue weighted by Crippen LogP contribution is 2.28. The van der Waals surface area contributed by atoms with Gasteiger partial charge in [0.2, 0.25) is 0 Å². The topological polar surface area (TPSA) is 27.1 Å². The van der Waals surface area contributed by atoms with Crippen LogP contribution in [0.1, 0.15) is 35.0 Å². The lowest BCUT2D eigenvalue weighted by Gasteiger charge is -2.14. The minimum atomic E-state index is 0.412. The van der Waals surface area contributed by atoms with E-state index in [0.29, 0.717) is 17.5 Å². The number of benzene rings is 1. The first-order chi connectivity index (χ1) is 9.97. The molecule has 21 heavy (non-hydrogen) atoms. The lowest BCUT2D eigenvalue weighted by atomic mass is 10.1. The van der Waals surface area contributed by atoms with E-state index in [1.54, 1.807) is 0 Å². The second-order valence-corrected chi connectivity index (χ2v) is 5.79. The predicted octanol–water partition coefficient (Wildman–Crippen LogP) is 4.80. The minimum absolute atomic E-state index is 0.412. The van der Waals surface area contributed by atoms with Crippen LogP contribution in [0.3, 0.4) is 0 Å². The fraction of sp³-hybridized carbons (Fsp3) is 0.438. The SMILES string of the molecule is CCn1nc(C)c(Cl)c1COc1c(C)cc(CCl)cc1C. The smallest absolute Gasteiger partial charge is 0.131 e. The molecule has 1 aromatic carbocycles. The highest BCUT2D eigenvalue weighted by molar-refractivity contribution is 6.31. The first-order valence-electron chi connectivity index (χ1n) is 6.98. The van der Waals surface area contributed by atoms with Crippen molar-refractivity contribution in [2.45, 2.75) is 46.7 Å². The summed E-state index contributed by atoms with van der Waals surface area (Å²) in [6.45, 7) is 9.19. The zero-order chi connectivity index (χ0) is 15.6. The Hall–Kier alpha value is -1.19. The minimum Gasteiger partial charge on any atom is -0.487 e. The molecule has 3 nitrogen and oxygen atoms in total. The van der Waals surface area contributed by atoms with E-state index in [0.717, 1.165) is 40.4 Å². The molecule has 2 aromatic rings. The molecule has 1 aromatic heterocycles. The number of nitrogens with zero attached hydrogens (tertiary/aromatic N) is 2. The largest absolute Gasteiger partial charge is 0.487 e. The van der Waals surface area contributed by atoms with Gasteiger partial charge in [0, 0.05) is 12.4 Å². The van der Waals surface area contributed by atoms with Crippen molar-refractivity contribution in [1.82, 2.24) is 9.78 Å². The molecule has 0 atom stereocenters. The molecular weight excluding hydrogens is 307 g/mol. The summed E-state index contributed by atoms with van der Waals surface area (Å²) in [5, 5.41) is 5.09. The maximum atomic E-state index is 6.31. The standard InChI is InChI=1S/C16H20Cl2N2O/c1-5-20-14(15(18)12(4)19-20)9-21-16-10(2)6-13(8-17)7-11(16)3/h6-7H,5,8-9H2,1-4H3. The van der Waals surface area contributed by atoms with Crippen LogP contribution >= 0.6 is 23.2 Å². The lowest BCUT2D eigenvalue weighted by molar-refractivity contribution is 0.288. The molecule has 0 spiro atoms. The van der Waals surface area contributed by atoms with Crippen LogP contribution in [0.5, 0.6) is 5.75 Å². The fourth-order valence-corrected chi connectivity index (χ4v) is 2.84. The molecule has 114 valence electrons. The third kappa shape index (κ3) is 3.35. The van der Waals surface area contributed by atoms with Crippen LogP contribution in [0.4, 0.5) is 0 Å². The van der Waals surface area contributed by atoms with Gasteiger partial charge in [-0.25, -0.2) is 0 Å². The van der Waals surface area contributed by atoms with Crippen LogP contribution in [0.15, 0.2) is 12.1 Å². The number of alkyl halides is 1. The number of aromatic nitrogens is 2. The van der Waals surface area contributed by atoms with E-state index in [1.807, 2.05) is 32.4 Å². The van der Waals surface area contributed by atoms with Crippen LogP contribution in [0.25, 0.3) is 0 Å². The summed E-state index contributed by atoms with van der Waals surface area (Å²) < 4.78 is 7.89. The number of hydrogen-bond acceptors (Lipinski definition) is 2. The normalized spacial score (nSPS) is 11.0. The lowest BCUT2D eigenvalue weighted by Crippen LogP contribution is -2.07. The average Bonchev–Trinajstić information content (AvgIpc) is 2.73. The van der Waals surface area contributed by atoms with Crippen LogP contribution < -0.4 is 4.74 Å². The second kappa shape index (κ2) is 6.71. The number of aryl methyl sites for hydroxylation is 4. The van der Waals surface area contributed by atoms with Gasteiger partial charge in [-0.2, -0.15) is 5.10 Å². The van der Waals surface area contributed by atoms with Crippen molar-refractivity contribution >= 4 is 23.2 Å². The van der Waals surface area contributed by atoms with Crippen LogP contribution in [0.2, 0.25) is 5.02 Å². The molecule has 2 rings (SSSR count). The Morgan fingerprint density at radius 2 is 1.81 bits per heavy atom. The van der Waals surface area contributed by atoms with Gasteiger partial charge in [0.1, 0.15) is 12.4 Å². The maximum absolute atomic E-state index is 6.31. The summed E-state index contributed by atoms with van der Waals surface area (Å²) in [5.74, 6) is 1.40. The summed E-state index contributed by atoms with van der Waals surface area (Å²) in [6, 6.07) is 4.11. The summed E-state index contributed by atoms with van der Waals surface area (Å²) in [5.41, 5.74) is 5.02. The molecule has 0 aliphatic carbocycles. The van der Waals surface area contributed by atoms with E-state index in [9.17, 15) is 0 Å². The molecule has 5 heteroatoms. The molecule has 0 amide bonds. The molecule has 0 unspecified atom stereocenters. The van der Waals surface area contributed by atoms with E-state index < -0.39 is 0 Å². The Balaban J connectivity index is 2.25. The highest BCUT2D eigenvalue weighted by atomic mass is 35.5. The van der Waals surface area contributed by atoms with Crippen molar-refractivity contribution in [3.63, 3.8) is 0 Å². The van der Waals surface area contributed by atoms with Gasteiger partial charge in [-0.05, 0) is 44.4 Å². The monoisotopic (exact) mass is 326 g/mol. The number of ether oxygens (including phenoxy) is 1. The molecule has 0 saturated heterocycles. The van der Waals surface area contributed by atoms with Crippen molar-refractivity contribution in [3.05, 3.63) is 45.2 Å². The van der Waals surface area contributed by atoms with Crippen LogP contribution in [0, 0.1) is 20.8 Å². The summed E-state index contributed by atoms with van der Waals surface area (Å²) >= 11 is 12.2. The Bertz CT molecular complexity index is 627. The molecule has 0 aliphatic heterocycles. The quantitative estimate of drug-likeness (QED) is 0.738. The first-order valence-corrected chi connectivity index (χ1v) is 7.89. The van der Waals surface area contributed by atoms with E-state index in [-0.39, 0.29) is 0 Å². The van der Waals surface area contributed by atoms with Gasteiger partial charge in [0.15, 0.2) is 0 Å². The average molecular weight is 327 g/mol. The van der Waals surface area contributed by atoms with Crippen molar-refractivity contribution in [2.24, 2.45) is 0 Å². The highest BCUT2D eigenvalue weighted by Gasteiger charge is 2.14. The third-order valence-electron chi connectivity index (χ3n) is 3.48. The predicted molar refractivity (Wildman–Crippen MR) is 87.5 cm³/mol. The number of halogens is 2. The molecule has 1 heterocycles. The molecule has 0 aliphatic rings. The Morgan fingerprint density at radius 3 is 2.33 bits per heavy atom. The van der Waals surface area contributed by atoms with Crippen molar-refractivity contribution in [1.29, 1.82) is 0 Å². The molecule has 0 saturated carbocycles. The van der Waals surface area contributed by atoms with E-state index in [1.165, 1.54) is 0 Å². The van der Waals surface area contributed by atoms with Gasteiger partial charge in [-0.3, -0.25) is 4.68 Å². The number of rotatable bonds is 5. The van der Waals surface area contributed by atoms with Crippen molar-refractivity contribution in [2.75, 3.05) is 0 Å². The Labute approximate surface area is 135 Å². The van der Waals surface area contributed by atoms with Gasteiger partial charge in [-0.1, -0.05) is 23.7 Å². The Morgan fingerprint density at radius 1 is 1.19 bits per heavy atom. The van der Waals surface area contributed by atoms with Crippen LogP contribution in [-0.2, 0) is 19.0 Å². The van der Waals surface area contributed by atoms with Crippen molar-refractivity contribution < 1.29 is 4.74 Å². The van der Waals surface area contributed by atoms with Crippen molar-refractivity contribution in [3.8, 4) is 5.75 Å². The maximum Gasteiger partial charge on any atom is 0.131 e. The van der Waals surface area contributed by atoms with Gasteiger partial charge < -0.3 is 4.74 Å². The summed E-state index contributed by atoms with van der Waals surface area (Å²) in [4.78, 5) is 0. The molecular formula is C16H20Cl2N2O. The van der Waals surface area contributed by atoms with Gasteiger partial charge in [0.25, 0.3) is 0 Å². The first kappa shape index (κ1) is 16.2. The number of hydrogen-bond donors (Lipinski definition) is 0. The Kier molecular flexibility index (Phi) is 5.17. The van der Waals surface area contributed by atoms with Gasteiger partial charge in [0.05, 0.1) is 16.4 Å². The van der Waals surface area contributed by atoms with Gasteiger partial charge >= 0.3 is 0 Å². The second-order valence-electron chi connectivity index (χ2n) is 5.14. The molecule has 0 fully saturated rings. The fourth-order valence-electron chi connectivity index (χ4n) is 2.49. The molecule has 0 N–H and O–H groups in total. The van der Waals surface area contributed by atoms with E-state index in [4.69, 9.17) is 27.9 Å². The van der Waals surface area contributed by atoms with Crippen LogP contribution in [-0.4, -0.2) is 9.78 Å². The van der Waals surface area contributed by atoms with E-state index in [2.05, 4.69) is 17.2 Å². The zero-order valence-corrected chi connectivity index (χ0v) is 14.3. The van der Waals surface area contributed by atoms with Gasteiger partial charge in [-0.15, -0.1) is 11.6 Å². The zero-order valence-electron chi connectivity index (χ0n) is 12.8. The van der Waals surface area contributed by atoms with E-state index >= 15 is 0 Å². The third-order valence-corrected chi connectivity index (χ3v) is 4.28. The molecule has 0 radical (unpaired) electrons. The summed E-state index contributed by atoms with van der Waals surface area (Å²) in [6.07, 6.45) is 0. The summed E-state index contributed by atoms with van der Waals surface area (Å²) in [7, 11) is 0.